The van der Waals surface area contributed by atoms with Crippen LogP contribution in [0.1, 0.15) is 26.2 Å². The van der Waals surface area contributed by atoms with Crippen molar-refractivity contribution >= 4 is 0 Å². The molecular formula is C11H25N3. The first-order chi connectivity index (χ1) is 6.72. The van der Waals surface area contributed by atoms with E-state index in [0.29, 0.717) is 6.04 Å². The largest absolute Gasteiger partial charge is 0.328 e. The molecule has 2 N–H and O–H groups in total. The van der Waals surface area contributed by atoms with Gasteiger partial charge in [-0.3, -0.25) is 0 Å². The monoisotopic (exact) mass is 199 g/mol. The summed E-state index contributed by atoms with van der Waals surface area (Å²) in [6.45, 7) is 8.32. The van der Waals surface area contributed by atoms with Crippen LogP contribution >= 0.6 is 0 Å². The van der Waals surface area contributed by atoms with Gasteiger partial charge in [0.2, 0.25) is 0 Å². The zero-order valence-electron chi connectivity index (χ0n) is 9.71. The van der Waals surface area contributed by atoms with E-state index in [1.807, 2.05) is 0 Å². The van der Waals surface area contributed by atoms with Gasteiger partial charge in [-0.2, -0.15) is 0 Å². The van der Waals surface area contributed by atoms with E-state index in [2.05, 4.69) is 23.8 Å². The molecule has 3 nitrogen and oxygen atoms in total. The average Bonchev–Trinajstić information content (AvgIpc) is 2.21. The summed E-state index contributed by atoms with van der Waals surface area (Å²) < 4.78 is 0. The normalized spacial score (nSPS) is 22.5. The van der Waals surface area contributed by atoms with Gasteiger partial charge in [0.05, 0.1) is 0 Å². The summed E-state index contributed by atoms with van der Waals surface area (Å²) in [6, 6.07) is 0.419. The van der Waals surface area contributed by atoms with Gasteiger partial charge in [-0.25, -0.2) is 0 Å². The molecule has 0 aromatic carbocycles. The summed E-state index contributed by atoms with van der Waals surface area (Å²) in [4.78, 5) is 4.96. The Morgan fingerprint density at radius 2 is 1.86 bits per heavy atom. The standard InChI is InChI=1S/C11H25N3/c1-3-11(12)5-4-6-14-9-7-13(2)8-10-14/h11H,3-10,12H2,1-2H3. The minimum atomic E-state index is 0.419. The lowest BCUT2D eigenvalue weighted by molar-refractivity contribution is 0.151. The molecule has 1 unspecified atom stereocenters. The molecular weight excluding hydrogens is 174 g/mol. The predicted octanol–water partition coefficient (Wildman–Crippen LogP) is 0.751. The highest BCUT2D eigenvalue weighted by molar-refractivity contribution is 4.70. The quantitative estimate of drug-likeness (QED) is 0.709. The molecule has 0 spiro atoms. The average molecular weight is 199 g/mol. The van der Waals surface area contributed by atoms with E-state index in [1.54, 1.807) is 0 Å². The summed E-state index contributed by atoms with van der Waals surface area (Å²) in [5.74, 6) is 0. The maximum absolute atomic E-state index is 5.88. The maximum Gasteiger partial charge on any atom is 0.0110 e. The molecule has 0 aromatic heterocycles. The molecule has 1 rings (SSSR count). The number of nitrogens with two attached hydrogens (primary N) is 1. The minimum Gasteiger partial charge on any atom is -0.328 e. The van der Waals surface area contributed by atoms with E-state index < -0.39 is 0 Å². The Morgan fingerprint density at radius 1 is 1.21 bits per heavy atom. The zero-order valence-corrected chi connectivity index (χ0v) is 9.71. The topological polar surface area (TPSA) is 32.5 Å². The molecule has 0 saturated carbocycles. The van der Waals surface area contributed by atoms with Crippen LogP contribution in [0.3, 0.4) is 0 Å². The van der Waals surface area contributed by atoms with Crippen molar-refractivity contribution in [3.05, 3.63) is 0 Å². The molecule has 14 heavy (non-hydrogen) atoms. The summed E-state index contributed by atoms with van der Waals surface area (Å²) in [5.41, 5.74) is 5.88. The number of piperazine rings is 1. The van der Waals surface area contributed by atoms with Crippen molar-refractivity contribution < 1.29 is 0 Å². The van der Waals surface area contributed by atoms with Gasteiger partial charge in [0.1, 0.15) is 0 Å². The second kappa shape index (κ2) is 6.38. The van der Waals surface area contributed by atoms with Gasteiger partial charge < -0.3 is 15.5 Å². The molecule has 1 atom stereocenters. The van der Waals surface area contributed by atoms with Crippen molar-refractivity contribution in [1.29, 1.82) is 0 Å². The predicted molar refractivity (Wildman–Crippen MR) is 61.4 cm³/mol. The van der Waals surface area contributed by atoms with E-state index in [1.165, 1.54) is 45.6 Å². The number of nitrogens with zero attached hydrogens (tertiary/aromatic N) is 2. The number of likely N-dealkylation sites (N-methyl/N-ethyl adjacent to an activating group) is 1. The maximum atomic E-state index is 5.88. The molecule has 0 radical (unpaired) electrons. The van der Waals surface area contributed by atoms with E-state index in [4.69, 9.17) is 5.73 Å². The van der Waals surface area contributed by atoms with Gasteiger partial charge in [-0.1, -0.05) is 6.92 Å². The van der Waals surface area contributed by atoms with Gasteiger partial charge in [0.15, 0.2) is 0 Å². The molecule has 1 aliphatic heterocycles. The summed E-state index contributed by atoms with van der Waals surface area (Å²) >= 11 is 0. The van der Waals surface area contributed by atoms with Gasteiger partial charge >= 0.3 is 0 Å². The fourth-order valence-electron chi connectivity index (χ4n) is 1.85. The first kappa shape index (κ1) is 12.0. The van der Waals surface area contributed by atoms with Crippen molar-refractivity contribution in [1.82, 2.24) is 9.80 Å². The number of rotatable bonds is 5. The van der Waals surface area contributed by atoms with Gasteiger partial charge in [-0.15, -0.1) is 0 Å². The highest BCUT2D eigenvalue weighted by Gasteiger charge is 2.12. The van der Waals surface area contributed by atoms with Crippen LogP contribution in [0.25, 0.3) is 0 Å². The van der Waals surface area contributed by atoms with E-state index in [-0.39, 0.29) is 0 Å². The second-order valence-electron chi connectivity index (χ2n) is 4.46. The van der Waals surface area contributed by atoms with Crippen molar-refractivity contribution in [2.45, 2.75) is 32.2 Å². The van der Waals surface area contributed by atoms with Crippen LogP contribution in [0.2, 0.25) is 0 Å². The molecule has 3 heteroatoms. The Balaban J connectivity index is 2.02. The Morgan fingerprint density at radius 3 is 2.43 bits per heavy atom. The molecule has 1 saturated heterocycles. The van der Waals surface area contributed by atoms with E-state index in [9.17, 15) is 0 Å². The van der Waals surface area contributed by atoms with Crippen LogP contribution in [0.4, 0.5) is 0 Å². The summed E-state index contributed by atoms with van der Waals surface area (Å²) in [7, 11) is 2.20. The van der Waals surface area contributed by atoms with Gasteiger partial charge in [0, 0.05) is 32.2 Å². The van der Waals surface area contributed by atoms with Gasteiger partial charge in [0.25, 0.3) is 0 Å². The van der Waals surface area contributed by atoms with E-state index >= 15 is 0 Å². The third kappa shape index (κ3) is 4.40. The molecule has 0 bridgehead atoms. The molecule has 1 fully saturated rings. The zero-order chi connectivity index (χ0) is 10.4. The lowest BCUT2D eigenvalue weighted by atomic mass is 10.1. The van der Waals surface area contributed by atoms with Crippen molar-refractivity contribution in [3.63, 3.8) is 0 Å². The Labute approximate surface area is 88.2 Å². The third-order valence-corrected chi connectivity index (χ3v) is 3.17. The summed E-state index contributed by atoms with van der Waals surface area (Å²) in [6.07, 6.45) is 3.56. The third-order valence-electron chi connectivity index (χ3n) is 3.17. The van der Waals surface area contributed by atoms with Crippen LogP contribution in [0.15, 0.2) is 0 Å². The Bertz CT molecular complexity index is 141. The Kier molecular flexibility index (Phi) is 5.45. The lowest BCUT2D eigenvalue weighted by Gasteiger charge is -2.32. The second-order valence-corrected chi connectivity index (χ2v) is 4.46. The van der Waals surface area contributed by atoms with E-state index in [0.717, 1.165) is 6.42 Å². The first-order valence-electron chi connectivity index (χ1n) is 5.89. The number of hydrogen-bond donors (Lipinski definition) is 1. The highest BCUT2D eigenvalue weighted by atomic mass is 15.2. The van der Waals surface area contributed by atoms with Crippen LogP contribution in [0, 0.1) is 0 Å². The fraction of sp³-hybridized carbons (Fsp3) is 1.00. The van der Waals surface area contributed by atoms with Crippen molar-refractivity contribution in [3.8, 4) is 0 Å². The minimum absolute atomic E-state index is 0.419. The molecule has 0 aliphatic carbocycles. The Hall–Kier alpha value is -0.120. The van der Waals surface area contributed by atoms with Crippen molar-refractivity contribution in [2.75, 3.05) is 39.8 Å². The molecule has 1 aliphatic rings. The van der Waals surface area contributed by atoms with Crippen LogP contribution in [0.5, 0.6) is 0 Å². The van der Waals surface area contributed by atoms with Crippen LogP contribution in [-0.4, -0.2) is 55.6 Å². The fourth-order valence-corrected chi connectivity index (χ4v) is 1.85. The van der Waals surface area contributed by atoms with Gasteiger partial charge in [-0.05, 0) is 32.9 Å². The molecule has 0 amide bonds. The highest BCUT2D eigenvalue weighted by Crippen LogP contribution is 2.04. The molecule has 84 valence electrons. The van der Waals surface area contributed by atoms with Crippen molar-refractivity contribution in [2.24, 2.45) is 5.73 Å². The first-order valence-corrected chi connectivity index (χ1v) is 5.89. The summed E-state index contributed by atoms with van der Waals surface area (Å²) in [5, 5.41) is 0. The van der Waals surface area contributed by atoms with Crippen LogP contribution in [-0.2, 0) is 0 Å². The smallest absolute Gasteiger partial charge is 0.0110 e. The SMILES string of the molecule is CCC(N)CCCN1CCN(C)CC1. The lowest BCUT2D eigenvalue weighted by Crippen LogP contribution is -2.44. The van der Waals surface area contributed by atoms with Crippen LogP contribution < -0.4 is 5.73 Å². The molecule has 1 heterocycles. The molecule has 0 aromatic rings. The number of hydrogen-bond acceptors (Lipinski definition) is 3.